The van der Waals surface area contributed by atoms with Crippen molar-refractivity contribution in [3.05, 3.63) is 11.7 Å². The number of nitrogens with one attached hydrogen (secondary N) is 1. The Kier molecular flexibility index (Phi) is 6.42. The van der Waals surface area contributed by atoms with Gasteiger partial charge in [0.05, 0.1) is 6.54 Å². The molecule has 0 unspecified atom stereocenters. The zero-order chi connectivity index (χ0) is 14.2. The third-order valence-corrected chi connectivity index (χ3v) is 3.68. The summed E-state index contributed by atoms with van der Waals surface area (Å²) in [6, 6.07) is 0. The number of hydrogen-bond acceptors (Lipinski definition) is 6. The minimum absolute atomic E-state index is 0.735. The van der Waals surface area contributed by atoms with E-state index in [1.165, 1.54) is 0 Å². The number of aryl methyl sites for hydroxylation is 1. The molecule has 0 aliphatic carbocycles. The Morgan fingerprint density at radius 2 is 2.15 bits per heavy atom. The fraction of sp³-hybridized carbons (Fsp3) is 0.857. The minimum Gasteiger partial charge on any atom is -0.338 e. The maximum Gasteiger partial charge on any atom is 0.240 e. The average Bonchev–Trinajstić information content (AvgIpc) is 2.91. The molecule has 1 saturated heterocycles. The van der Waals surface area contributed by atoms with Crippen molar-refractivity contribution in [2.75, 3.05) is 46.3 Å². The van der Waals surface area contributed by atoms with E-state index < -0.39 is 0 Å². The van der Waals surface area contributed by atoms with Gasteiger partial charge in [-0.15, -0.1) is 0 Å². The molecule has 1 aliphatic heterocycles. The number of unbranched alkanes of at least 4 members (excludes halogenated alkanes) is 1. The maximum atomic E-state index is 5.30. The predicted octanol–water partition coefficient (Wildman–Crippen LogP) is 0.749. The first-order valence-electron chi connectivity index (χ1n) is 7.71. The van der Waals surface area contributed by atoms with Crippen LogP contribution in [-0.2, 0) is 13.0 Å². The van der Waals surface area contributed by atoms with Crippen molar-refractivity contribution in [2.45, 2.75) is 32.7 Å². The first-order valence-corrected chi connectivity index (χ1v) is 7.71. The van der Waals surface area contributed by atoms with Crippen LogP contribution in [0.15, 0.2) is 4.52 Å². The quantitative estimate of drug-likeness (QED) is 0.759. The number of rotatable bonds is 8. The molecule has 0 bridgehead atoms. The summed E-state index contributed by atoms with van der Waals surface area (Å²) in [5.41, 5.74) is 0. The van der Waals surface area contributed by atoms with Crippen molar-refractivity contribution in [3.63, 3.8) is 0 Å². The summed E-state index contributed by atoms with van der Waals surface area (Å²) in [6.45, 7) is 9.56. The van der Waals surface area contributed by atoms with E-state index in [1.807, 2.05) is 0 Å². The molecular formula is C14H27N5O. The zero-order valence-corrected chi connectivity index (χ0v) is 12.8. The Balaban J connectivity index is 1.67. The van der Waals surface area contributed by atoms with Crippen molar-refractivity contribution in [1.29, 1.82) is 0 Å². The Morgan fingerprint density at radius 3 is 2.90 bits per heavy atom. The molecule has 20 heavy (non-hydrogen) atoms. The molecule has 1 aromatic heterocycles. The Labute approximate surface area is 121 Å². The van der Waals surface area contributed by atoms with Gasteiger partial charge in [0.1, 0.15) is 0 Å². The highest BCUT2D eigenvalue weighted by atomic mass is 16.5. The summed E-state index contributed by atoms with van der Waals surface area (Å²) in [5.74, 6) is 1.58. The largest absolute Gasteiger partial charge is 0.338 e. The van der Waals surface area contributed by atoms with Gasteiger partial charge in [0, 0.05) is 45.7 Å². The van der Waals surface area contributed by atoms with Crippen LogP contribution in [0.25, 0.3) is 0 Å². The third kappa shape index (κ3) is 5.19. The van der Waals surface area contributed by atoms with Crippen LogP contribution in [-0.4, -0.2) is 66.3 Å². The summed E-state index contributed by atoms with van der Waals surface area (Å²) in [7, 11) is 2.11. The van der Waals surface area contributed by atoms with Gasteiger partial charge in [0.15, 0.2) is 5.82 Å². The van der Waals surface area contributed by atoms with Gasteiger partial charge in [-0.1, -0.05) is 18.5 Å². The molecule has 0 saturated carbocycles. The lowest BCUT2D eigenvalue weighted by Gasteiger charge is -2.28. The van der Waals surface area contributed by atoms with Crippen LogP contribution in [0, 0.1) is 0 Å². The Bertz CT molecular complexity index is 375. The van der Waals surface area contributed by atoms with Crippen LogP contribution in [0.3, 0.4) is 0 Å². The molecule has 2 rings (SSSR count). The van der Waals surface area contributed by atoms with Gasteiger partial charge in [-0.05, 0) is 13.5 Å². The van der Waals surface area contributed by atoms with Gasteiger partial charge in [-0.25, -0.2) is 0 Å². The molecule has 1 aromatic rings. The number of piperazine rings is 1. The first kappa shape index (κ1) is 15.4. The fourth-order valence-electron chi connectivity index (χ4n) is 2.35. The molecule has 1 N–H and O–H groups in total. The van der Waals surface area contributed by atoms with Crippen LogP contribution >= 0.6 is 0 Å². The molecule has 1 fully saturated rings. The molecule has 0 radical (unpaired) electrons. The second-order valence-corrected chi connectivity index (χ2v) is 5.54. The highest BCUT2D eigenvalue weighted by Crippen LogP contribution is 2.04. The maximum absolute atomic E-state index is 5.30. The SMILES string of the molecule is CCCCc1noc(CN(C)CCN2CCNCC2)n1. The topological polar surface area (TPSA) is 57.4 Å². The highest BCUT2D eigenvalue weighted by Gasteiger charge is 2.12. The smallest absolute Gasteiger partial charge is 0.240 e. The number of hydrogen-bond donors (Lipinski definition) is 1. The lowest BCUT2D eigenvalue weighted by molar-refractivity contribution is 0.192. The molecule has 1 aliphatic rings. The predicted molar refractivity (Wildman–Crippen MR) is 78.6 cm³/mol. The van der Waals surface area contributed by atoms with Crippen LogP contribution in [0.2, 0.25) is 0 Å². The fourth-order valence-corrected chi connectivity index (χ4v) is 2.35. The summed E-state index contributed by atoms with van der Waals surface area (Å²) in [6.07, 6.45) is 3.21. The van der Waals surface area contributed by atoms with Crippen molar-refractivity contribution >= 4 is 0 Å². The summed E-state index contributed by atoms with van der Waals surface area (Å²) in [4.78, 5) is 9.18. The van der Waals surface area contributed by atoms with Crippen molar-refractivity contribution < 1.29 is 4.52 Å². The lowest BCUT2D eigenvalue weighted by Crippen LogP contribution is -2.45. The molecular weight excluding hydrogens is 254 g/mol. The van der Waals surface area contributed by atoms with Gasteiger partial charge in [-0.3, -0.25) is 9.80 Å². The minimum atomic E-state index is 0.735. The van der Waals surface area contributed by atoms with Crippen LogP contribution in [0.5, 0.6) is 0 Å². The van der Waals surface area contributed by atoms with E-state index in [2.05, 4.69) is 39.2 Å². The second-order valence-electron chi connectivity index (χ2n) is 5.54. The van der Waals surface area contributed by atoms with Gasteiger partial charge in [0.25, 0.3) is 0 Å². The van der Waals surface area contributed by atoms with Gasteiger partial charge in [0.2, 0.25) is 5.89 Å². The average molecular weight is 281 g/mol. The van der Waals surface area contributed by atoms with Gasteiger partial charge < -0.3 is 9.84 Å². The van der Waals surface area contributed by atoms with Crippen molar-refractivity contribution in [1.82, 2.24) is 25.3 Å². The summed E-state index contributed by atoms with van der Waals surface area (Å²) >= 11 is 0. The summed E-state index contributed by atoms with van der Waals surface area (Å²) < 4.78 is 5.30. The highest BCUT2D eigenvalue weighted by molar-refractivity contribution is 4.86. The number of aromatic nitrogens is 2. The van der Waals surface area contributed by atoms with Crippen LogP contribution in [0.1, 0.15) is 31.5 Å². The van der Waals surface area contributed by atoms with Crippen molar-refractivity contribution in [3.8, 4) is 0 Å². The van der Waals surface area contributed by atoms with Crippen LogP contribution < -0.4 is 5.32 Å². The normalized spacial score (nSPS) is 16.9. The first-order chi connectivity index (χ1) is 9.78. The van der Waals surface area contributed by atoms with E-state index in [0.29, 0.717) is 0 Å². The van der Waals surface area contributed by atoms with E-state index in [1.54, 1.807) is 0 Å². The van der Waals surface area contributed by atoms with Crippen LogP contribution in [0.4, 0.5) is 0 Å². The van der Waals surface area contributed by atoms with Gasteiger partial charge in [-0.2, -0.15) is 4.98 Å². The molecule has 6 heteroatoms. The Morgan fingerprint density at radius 1 is 1.35 bits per heavy atom. The van der Waals surface area contributed by atoms with E-state index in [9.17, 15) is 0 Å². The number of likely N-dealkylation sites (N-methyl/N-ethyl adjacent to an activating group) is 1. The third-order valence-electron chi connectivity index (χ3n) is 3.68. The Hall–Kier alpha value is -0.980. The molecule has 0 atom stereocenters. The molecule has 0 amide bonds. The number of nitrogens with zero attached hydrogens (tertiary/aromatic N) is 4. The molecule has 0 aromatic carbocycles. The van der Waals surface area contributed by atoms with E-state index >= 15 is 0 Å². The molecule has 0 spiro atoms. The van der Waals surface area contributed by atoms with Gasteiger partial charge >= 0.3 is 0 Å². The van der Waals surface area contributed by atoms with E-state index in [4.69, 9.17) is 4.52 Å². The zero-order valence-electron chi connectivity index (χ0n) is 12.8. The summed E-state index contributed by atoms with van der Waals surface area (Å²) in [5, 5.41) is 7.40. The monoisotopic (exact) mass is 281 g/mol. The van der Waals surface area contributed by atoms with E-state index in [0.717, 1.165) is 76.8 Å². The van der Waals surface area contributed by atoms with Crippen molar-refractivity contribution in [2.24, 2.45) is 0 Å². The lowest BCUT2D eigenvalue weighted by atomic mass is 10.2. The van der Waals surface area contributed by atoms with E-state index in [-0.39, 0.29) is 0 Å². The molecule has 6 nitrogen and oxygen atoms in total. The molecule has 114 valence electrons. The standard InChI is InChI=1S/C14H27N5O/c1-3-4-5-13-16-14(20-17-13)12-18(2)10-11-19-8-6-15-7-9-19/h15H,3-12H2,1-2H3. The molecule has 2 heterocycles. The second kappa shape index (κ2) is 8.34.